The van der Waals surface area contributed by atoms with E-state index in [1.807, 2.05) is 24.3 Å². The number of carbonyl (C=O) groups is 1. The lowest BCUT2D eigenvalue weighted by Crippen LogP contribution is -2.23. The maximum absolute atomic E-state index is 11.9. The number of pyridine rings is 1. The van der Waals surface area contributed by atoms with E-state index in [1.165, 1.54) is 0 Å². The number of aromatic nitrogens is 1. The van der Waals surface area contributed by atoms with Gasteiger partial charge in [0.2, 0.25) is 0 Å². The molecule has 5 heteroatoms. The molecule has 0 aliphatic heterocycles. The minimum atomic E-state index is -0.162. The molecule has 0 saturated carbocycles. The molecule has 0 unspecified atom stereocenters. The van der Waals surface area contributed by atoms with Crippen LogP contribution in [0.15, 0.2) is 53.3 Å². The van der Waals surface area contributed by atoms with Gasteiger partial charge in [-0.25, -0.2) is 0 Å². The molecule has 1 N–H and O–H groups in total. The topological polar surface area (TPSA) is 51.2 Å². The highest BCUT2D eigenvalue weighted by Crippen LogP contribution is 2.15. The minimum absolute atomic E-state index is 0.162. The average Bonchev–Trinajstić information content (AvgIpc) is 2.52. The van der Waals surface area contributed by atoms with Crippen molar-refractivity contribution in [2.75, 3.05) is 13.2 Å². The Bertz CT molecular complexity index is 663. The second kappa shape index (κ2) is 8.08. The van der Waals surface area contributed by atoms with E-state index in [4.69, 9.17) is 4.74 Å². The third-order valence-electron chi connectivity index (χ3n) is 2.53. The van der Waals surface area contributed by atoms with Crippen molar-refractivity contribution < 1.29 is 9.53 Å². The fourth-order valence-corrected chi connectivity index (χ4v) is 2.00. The van der Waals surface area contributed by atoms with Gasteiger partial charge in [-0.2, -0.15) is 0 Å². The van der Waals surface area contributed by atoms with Crippen LogP contribution in [0.5, 0.6) is 5.75 Å². The van der Waals surface area contributed by atoms with Crippen molar-refractivity contribution in [3.05, 3.63) is 58.8 Å². The highest BCUT2D eigenvalue weighted by Gasteiger charge is 2.06. The van der Waals surface area contributed by atoms with Crippen LogP contribution in [0.1, 0.15) is 10.4 Å². The number of carbonyl (C=O) groups excluding carboxylic acids is 1. The first-order valence-corrected chi connectivity index (χ1v) is 7.08. The molecule has 0 aliphatic rings. The van der Waals surface area contributed by atoms with Crippen LogP contribution in [0.3, 0.4) is 0 Å². The summed E-state index contributed by atoms with van der Waals surface area (Å²) in [6.07, 6.45) is 3.30. The number of halogens is 1. The number of nitrogens with zero attached hydrogens (tertiary/aromatic N) is 1. The van der Waals surface area contributed by atoms with Crippen molar-refractivity contribution >= 4 is 21.8 Å². The number of hydrogen-bond donors (Lipinski definition) is 1. The van der Waals surface area contributed by atoms with E-state index in [9.17, 15) is 4.79 Å². The van der Waals surface area contributed by atoms with Crippen molar-refractivity contribution in [3.8, 4) is 17.6 Å². The van der Waals surface area contributed by atoms with Crippen LogP contribution in [-0.4, -0.2) is 24.0 Å². The molecule has 0 spiro atoms. The molecule has 0 fully saturated rings. The SMILES string of the molecule is O=C(NCC#CCOc1cccnc1)c1ccccc1Br. The van der Waals surface area contributed by atoms with Crippen LogP contribution in [0.25, 0.3) is 0 Å². The van der Waals surface area contributed by atoms with Crippen LogP contribution in [-0.2, 0) is 0 Å². The molecular formula is C16H13BrN2O2. The summed E-state index contributed by atoms with van der Waals surface area (Å²) in [7, 11) is 0. The largest absolute Gasteiger partial charge is 0.479 e. The molecule has 4 nitrogen and oxygen atoms in total. The summed E-state index contributed by atoms with van der Waals surface area (Å²) in [6.45, 7) is 0.535. The number of ether oxygens (including phenoxy) is 1. The lowest BCUT2D eigenvalue weighted by atomic mass is 10.2. The molecule has 1 heterocycles. The van der Waals surface area contributed by atoms with E-state index in [0.29, 0.717) is 11.3 Å². The standard InChI is InChI=1S/C16H13BrN2O2/c17-15-8-2-1-7-14(15)16(20)19-10-3-4-11-21-13-6-5-9-18-12-13/h1-2,5-9,12H,10-11H2,(H,19,20). The molecule has 1 aromatic heterocycles. The second-order valence-electron chi connectivity index (χ2n) is 3.99. The minimum Gasteiger partial charge on any atom is -0.479 e. The van der Waals surface area contributed by atoms with Crippen LogP contribution in [0.4, 0.5) is 0 Å². The summed E-state index contributed by atoms with van der Waals surface area (Å²) in [6, 6.07) is 10.8. The molecule has 0 atom stereocenters. The Kier molecular flexibility index (Phi) is 5.80. The van der Waals surface area contributed by atoms with Crippen LogP contribution < -0.4 is 10.1 Å². The van der Waals surface area contributed by atoms with Gasteiger partial charge in [0.25, 0.3) is 5.91 Å². The van der Waals surface area contributed by atoms with Gasteiger partial charge in [-0.3, -0.25) is 9.78 Å². The Morgan fingerprint density at radius 3 is 2.86 bits per heavy atom. The van der Waals surface area contributed by atoms with Gasteiger partial charge in [-0.1, -0.05) is 24.0 Å². The molecule has 0 saturated heterocycles. The average molecular weight is 345 g/mol. The first kappa shape index (κ1) is 15.1. The van der Waals surface area contributed by atoms with Gasteiger partial charge in [-0.05, 0) is 40.2 Å². The van der Waals surface area contributed by atoms with Gasteiger partial charge in [0.15, 0.2) is 0 Å². The molecule has 1 aromatic carbocycles. The van der Waals surface area contributed by atoms with Gasteiger partial charge in [-0.15, -0.1) is 0 Å². The summed E-state index contributed by atoms with van der Waals surface area (Å²) >= 11 is 3.33. The first-order valence-electron chi connectivity index (χ1n) is 6.28. The summed E-state index contributed by atoms with van der Waals surface area (Å²) in [4.78, 5) is 15.8. The number of hydrogen-bond acceptors (Lipinski definition) is 3. The number of nitrogens with one attached hydrogen (secondary N) is 1. The molecule has 2 rings (SSSR count). The fourth-order valence-electron chi connectivity index (χ4n) is 1.53. The van der Waals surface area contributed by atoms with E-state index < -0.39 is 0 Å². The van der Waals surface area contributed by atoms with Crippen molar-refractivity contribution in [2.45, 2.75) is 0 Å². The fraction of sp³-hybridized carbons (Fsp3) is 0.125. The van der Waals surface area contributed by atoms with Crippen LogP contribution in [0, 0.1) is 11.8 Å². The molecular weight excluding hydrogens is 332 g/mol. The predicted octanol–water partition coefficient (Wildman–Crippen LogP) is 2.66. The maximum atomic E-state index is 11.9. The summed E-state index contributed by atoms with van der Waals surface area (Å²) in [5.74, 6) is 6.17. The Morgan fingerprint density at radius 1 is 1.24 bits per heavy atom. The quantitative estimate of drug-likeness (QED) is 0.867. The number of rotatable bonds is 4. The lowest BCUT2D eigenvalue weighted by molar-refractivity contribution is 0.0958. The molecule has 0 bridgehead atoms. The summed E-state index contributed by atoms with van der Waals surface area (Å²) in [5, 5.41) is 2.73. The number of benzene rings is 1. The zero-order chi connectivity index (χ0) is 14.9. The Morgan fingerprint density at radius 2 is 2.10 bits per heavy atom. The predicted molar refractivity (Wildman–Crippen MR) is 84.0 cm³/mol. The third kappa shape index (κ3) is 4.93. The zero-order valence-electron chi connectivity index (χ0n) is 11.2. The smallest absolute Gasteiger partial charge is 0.253 e. The Hall–Kier alpha value is -2.32. The van der Waals surface area contributed by atoms with Crippen molar-refractivity contribution in [3.63, 3.8) is 0 Å². The normalized spacial score (nSPS) is 9.38. The maximum Gasteiger partial charge on any atom is 0.253 e. The van der Waals surface area contributed by atoms with Gasteiger partial charge >= 0.3 is 0 Å². The van der Waals surface area contributed by atoms with E-state index in [-0.39, 0.29) is 19.1 Å². The van der Waals surface area contributed by atoms with Crippen LogP contribution in [0.2, 0.25) is 0 Å². The lowest BCUT2D eigenvalue weighted by Gasteiger charge is -2.03. The molecule has 2 aromatic rings. The van der Waals surface area contributed by atoms with E-state index in [1.54, 1.807) is 24.5 Å². The van der Waals surface area contributed by atoms with Gasteiger partial charge < -0.3 is 10.1 Å². The third-order valence-corrected chi connectivity index (χ3v) is 3.22. The Labute approximate surface area is 131 Å². The number of amides is 1. The molecule has 21 heavy (non-hydrogen) atoms. The summed E-state index contributed by atoms with van der Waals surface area (Å²) in [5.41, 5.74) is 0.589. The van der Waals surface area contributed by atoms with Gasteiger partial charge in [0, 0.05) is 10.7 Å². The highest BCUT2D eigenvalue weighted by atomic mass is 79.9. The second-order valence-corrected chi connectivity index (χ2v) is 4.85. The monoisotopic (exact) mass is 344 g/mol. The van der Waals surface area contributed by atoms with Crippen molar-refractivity contribution in [1.29, 1.82) is 0 Å². The van der Waals surface area contributed by atoms with Crippen LogP contribution >= 0.6 is 15.9 Å². The summed E-state index contributed by atoms with van der Waals surface area (Å²) < 4.78 is 6.12. The molecule has 106 valence electrons. The van der Waals surface area contributed by atoms with Gasteiger partial charge in [0.1, 0.15) is 12.4 Å². The molecule has 0 aliphatic carbocycles. The zero-order valence-corrected chi connectivity index (χ0v) is 12.8. The van der Waals surface area contributed by atoms with Crippen molar-refractivity contribution in [2.24, 2.45) is 0 Å². The molecule has 0 radical (unpaired) electrons. The van der Waals surface area contributed by atoms with E-state index in [2.05, 4.69) is 38.1 Å². The first-order chi connectivity index (χ1) is 10.3. The van der Waals surface area contributed by atoms with Crippen molar-refractivity contribution in [1.82, 2.24) is 10.3 Å². The van der Waals surface area contributed by atoms with E-state index in [0.717, 1.165) is 4.47 Å². The Balaban J connectivity index is 1.74. The molecule has 1 amide bonds. The highest BCUT2D eigenvalue weighted by molar-refractivity contribution is 9.10. The van der Waals surface area contributed by atoms with E-state index >= 15 is 0 Å². The van der Waals surface area contributed by atoms with Gasteiger partial charge in [0.05, 0.1) is 18.3 Å².